The number of nitrogens with one attached hydrogen (secondary N) is 3. The minimum atomic E-state index is -0.982. The first-order valence-electron chi connectivity index (χ1n) is 17.3. The van der Waals surface area contributed by atoms with Gasteiger partial charge in [-0.2, -0.15) is 0 Å². The van der Waals surface area contributed by atoms with Crippen LogP contribution < -0.4 is 21.3 Å². The molecule has 1 heterocycles. The van der Waals surface area contributed by atoms with Crippen LogP contribution in [0.4, 0.5) is 0 Å². The number of quaternary nitrogens is 1. The SMILES string of the molecule is CCC[C@H](NC(=O)CN(CC1CC1)C(=O)[C@@H]([NH2+]C(=O)C(NC(=O)c1cnccn1)C1CCCCC1)C(C)(C)C)C(=O)C(=O)NC1CC1. The molecule has 13 nitrogen and oxygen atoms in total. The monoisotopic (exact) mass is 654 g/mol. The van der Waals surface area contributed by atoms with Gasteiger partial charge in [0.15, 0.2) is 6.04 Å². The van der Waals surface area contributed by atoms with Crippen LogP contribution in [0, 0.1) is 17.3 Å². The lowest BCUT2D eigenvalue weighted by Crippen LogP contribution is -3.00. The van der Waals surface area contributed by atoms with Gasteiger partial charge in [-0.3, -0.25) is 34.3 Å². The molecule has 3 fully saturated rings. The first kappa shape index (κ1) is 36.1. The summed E-state index contributed by atoms with van der Waals surface area (Å²) in [6.45, 7) is 7.54. The van der Waals surface area contributed by atoms with E-state index in [9.17, 15) is 28.8 Å². The Morgan fingerprint density at radius 1 is 0.957 bits per heavy atom. The number of carbonyl (C=O) groups is 6. The smallest absolute Gasteiger partial charge is 0.333 e. The zero-order valence-electron chi connectivity index (χ0n) is 28.3. The fourth-order valence-electron chi connectivity index (χ4n) is 6.13. The average Bonchev–Trinajstić information content (AvgIpc) is 3.99. The highest BCUT2D eigenvalue weighted by Crippen LogP contribution is 2.31. The Bertz CT molecular complexity index is 1290. The number of amides is 5. The lowest BCUT2D eigenvalue weighted by Gasteiger charge is -2.34. The summed E-state index contributed by atoms with van der Waals surface area (Å²) < 4.78 is 0. The summed E-state index contributed by atoms with van der Waals surface area (Å²) in [5.74, 6) is -2.94. The Kier molecular flexibility index (Phi) is 12.6. The molecule has 3 aliphatic rings. The lowest BCUT2D eigenvalue weighted by atomic mass is 9.82. The van der Waals surface area contributed by atoms with E-state index >= 15 is 0 Å². The third-order valence-electron chi connectivity index (χ3n) is 9.23. The van der Waals surface area contributed by atoms with Gasteiger partial charge in [-0.1, -0.05) is 53.4 Å². The van der Waals surface area contributed by atoms with Crippen molar-refractivity contribution in [3.8, 4) is 0 Å². The molecule has 1 aromatic rings. The van der Waals surface area contributed by atoms with E-state index in [4.69, 9.17) is 0 Å². The van der Waals surface area contributed by atoms with Gasteiger partial charge >= 0.3 is 5.91 Å². The summed E-state index contributed by atoms with van der Waals surface area (Å²) in [5.41, 5.74) is -0.574. The quantitative estimate of drug-likeness (QED) is 0.191. The normalized spacial score (nSPS) is 18.7. The Labute approximate surface area is 277 Å². The molecule has 3 atom stereocenters. The van der Waals surface area contributed by atoms with Gasteiger partial charge in [-0.15, -0.1) is 0 Å². The zero-order valence-corrected chi connectivity index (χ0v) is 28.3. The third-order valence-corrected chi connectivity index (χ3v) is 9.23. The van der Waals surface area contributed by atoms with Crippen LogP contribution in [0.5, 0.6) is 0 Å². The maximum Gasteiger partial charge on any atom is 0.333 e. The molecule has 1 aromatic heterocycles. The number of Topliss-reactive ketones (excluding diaryl/α,β-unsaturated/α-hetero) is 1. The molecule has 3 aliphatic carbocycles. The fraction of sp³-hybridized carbons (Fsp3) is 0.706. The number of ketones is 1. The minimum absolute atomic E-state index is 0.0161. The van der Waals surface area contributed by atoms with Crippen molar-refractivity contribution in [1.29, 1.82) is 0 Å². The number of nitrogens with zero attached hydrogens (tertiary/aromatic N) is 3. The second-order valence-corrected chi connectivity index (χ2v) is 14.5. The number of nitrogens with two attached hydrogens (primary N) is 1. The van der Waals surface area contributed by atoms with Crippen molar-refractivity contribution in [3.05, 3.63) is 24.3 Å². The van der Waals surface area contributed by atoms with Crippen molar-refractivity contribution in [2.45, 2.75) is 122 Å². The number of hydrogen-bond donors (Lipinski definition) is 4. The van der Waals surface area contributed by atoms with Gasteiger partial charge in [0.05, 0.1) is 18.8 Å². The maximum absolute atomic E-state index is 14.3. The van der Waals surface area contributed by atoms with E-state index < -0.39 is 47.0 Å². The van der Waals surface area contributed by atoms with E-state index in [1.807, 2.05) is 27.7 Å². The molecule has 47 heavy (non-hydrogen) atoms. The van der Waals surface area contributed by atoms with Crippen LogP contribution >= 0.6 is 0 Å². The molecule has 5 N–H and O–H groups in total. The first-order valence-corrected chi connectivity index (χ1v) is 17.3. The molecule has 13 heteroatoms. The Hall–Kier alpha value is -3.74. The second-order valence-electron chi connectivity index (χ2n) is 14.5. The van der Waals surface area contributed by atoms with Crippen LogP contribution in [0.25, 0.3) is 0 Å². The topological polar surface area (TPSA) is 184 Å². The van der Waals surface area contributed by atoms with E-state index in [0.717, 1.165) is 57.8 Å². The van der Waals surface area contributed by atoms with E-state index in [1.165, 1.54) is 28.8 Å². The van der Waals surface area contributed by atoms with Crippen LogP contribution in [0.2, 0.25) is 0 Å². The lowest BCUT2D eigenvalue weighted by molar-refractivity contribution is -0.608. The summed E-state index contributed by atoms with van der Waals surface area (Å²) >= 11 is 0. The van der Waals surface area contributed by atoms with E-state index in [2.05, 4.69) is 25.9 Å². The van der Waals surface area contributed by atoms with Crippen molar-refractivity contribution < 1.29 is 34.1 Å². The van der Waals surface area contributed by atoms with Crippen molar-refractivity contribution >= 4 is 35.3 Å². The van der Waals surface area contributed by atoms with Gasteiger partial charge in [-0.05, 0) is 56.8 Å². The largest absolute Gasteiger partial charge is 0.347 e. The predicted octanol–water partition coefficient (Wildman–Crippen LogP) is 1.03. The zero-order chi connectivity index (χ0) is 34.1. The summed E-state index contributed by atoms with van der Waals surface area (Å²) in [6, 6.07) is -2.67. The molecular formula is C34H52N7O6+. The van der Waals surface area contributed by atoms with Crippen LogP contribution in [0.1, 0.15) is 109 Å². The number of hydrogen-bond acceptors (Lipinski definition) is 8. The van der Waals surface area contributed by atoms with Crippen molar-refractivity contribution in [1.82, 2.24) is 30.8 Å². The molecule has 1 unspecified atom stereocenters. The third kappa shape index (κ3) is 10.9. The second kappa shape index (κ2) is 16.4. The Morgan fingerprint density at radius 2 is 1.66 bits per heavy atom. The van der Waals surface area contributed by atoms with E-state index in [-0.39, 0.29) is 41.9 Å². The van der Waals surface area contributed by atoms with Gasteiger partial charge in [0.2, 0.25) is 11.7 Å². The average molecular weight is 655 g/mol. The molecule has 5 amide bonds. The maximum atomic E-state index is 14.3. The number of rotatable bonds is 16. The van der Waals surface area contributed by atoms with Crippen molar-refractivity contribution in [2.24, 2.45) is 17.3 Å². The van der Waals surface area contributed by atoms with Gasteiger partial charge in [-0.25, -0.2) is 9.78 Å². The molecule has 0 spiro atoms. The molecule has 258 valence electrons. The number of primary amides is 1. The number of carbonyl (C=O) groups excluding carboxylic acids is 6. The van der Waals surface area contributed by atoms with Crippen LogP contribution in [0.15, 0.2) is 18.6 Å². The van der Waals surface area contributed by atoms with Crippen LogP contribution in [-0.4, -0.2) is 87.4 Å². The fourth-order valence-corrected chi connectivity index (χ4v) is 6.13. The van der Waals surface area contributed by atoms with Crippen LogP contribution in [-0.2, 0) is 24.0 Å². The van der Waals surface area contributed by atoms with Gasteiger partial charge in [0, 0.05) is 30.4 Å². The molecule has 3 saturated carbocycles. The molecule has 0 aromatic carbocycles. The summed E-state index contributed by atoms with van der Waals surface area (Å²) in [6.07, 6.45) is 13.2. The Morgan fingerprint density at radius 3 is 2.23 bits per heavy atom. The van der Waals surface area contributed by atoms with Gasteiger partial charge in [0.25, 0.3) is 17.7 Å². The predicted molar refractivity (Wildman–Crippen MR) is 172 cm³/mol. The van der Waals surface area contributed by atoms with Crippen molar-refractivity contribution in [3.63, 3.8) is 0 Å². The Balaban J connectivity index is 1.49. The van der Waals surface area contributed by atoms with Gasteiger partial charge < -0.3 is 20.9 Å². The van der Waals surface area contributed by atoms with Crippen LogP contribution in [0.3, 0.4) is 0 Å². The van der Waals surface area contributed by atoms with Crippen molar-refractivity contribution in [2.75, 3.05) is 13.1 Å². The molecule has 0 radical (unpaired) electrons. The molecular weight excluding hydrogens is 602 g/mol. The van der Waals surface area contributed by atoms with Gasteiger partial charge in [0.1, 0.15) is 11.7 Å². The molecule has 0 saturated heterocycles. The summed E-state index contributed by atoms with van der Waals surface area (Å²) in [5, 5.41) is 9.73. The number of aromatic nitrogens is 2. The summed E-state index contributed by atoms with van der Waals surface area (Å²) in [7, 11) is 0. The minimum Gasteiger partial charge on any atom is -0.347 e. The highest BCUT2D eigenvalue weighted by molar-refractivity contribution is 6.38. The van der Waals surface area contributed by atoms with E-state index in [0.29, 0.717) is 19.4 Å². The molecule has 0 aliphatic heterocycles. The molecule has 0 bridgehead atoms. The highest BCUT2D eigenvalue weighted by atomic mass is 16.2. The van der Waals surface area contributed by atoms with E-state index in [1.54, 1.807) is 0 Å². The standard InChI is InChI=1S/C34H51N7O6/c1-5-9-24(28(43)32(46)37-23-14-15-23)38-26(42)20-41(19-21-12-13-21)33(47)29(34(2,3)4)40-31(45)27(22-10-7-6-8-11-22)39-30(44)25-18-35-16-17-36-25/h16-18,21-24,27,29H,5-15,19-20H2,1-4H3,(H,37,46)(H,38,42)(H,39,44)(H,40,45)/p+1/t24-,27?,29+/m0/s1. The summed E-state index contributed by atoms with van der Waals surface area (Å²) in [4.78, 5) is 89.6. The highest BCUT2D eigenvalue weighted by Gasteiger charge is 2.44. The first-order chi connectivity index (χ1) is 22.4. The molecule has 4 rings (SSSR count).